The molecule has 0 radical (unpaired) electrons. The zero-order chi connectivity index (χ0) is 13.3. The molecule has 0 aromatic carbocycles. The van der Waals surface area contributed by atoms with E-state index in [1.54, 1.807) is 0 Å². The van der Waals surface area contributed by atoms with Gasteiger partial charge in [0, 0.05) is 13.1 Å². The summed E-state index contributed by atoms with van der Waals surface area (Å²) < 4.78 is 22.7. The van der Waals surface area contributed by atoms with Crippen molar-refractivity contribution in [2.75, 3.05) is 24.6 Å². The monoisotopic (exact) mass is 277 g/mol. The summed E-state index contributed by atoms with van der Waals surface area (Å²) in [5.74, 6) is -0.0964. The SMILES string of the molecule is O=S1(=O)CCC(O)(CNCC2(O)CCCCC2)C1. The van der Waals surface area contributed by atoms with Crippen LogP contribution < -0.4 is 5.32 Å². The summed E-state index contributed by atoms with van der Waals surface area (Å²) in [6.45, 7) is 0.684. The Labute approximate surface area is 109 Å². The van der Waals surface area contributed by atoms with Crippen LogP contribution in [0.3, 0.4) is 0 Å². The molecule has 1 aliphatic heterocycles. The van der Waals surface area contributed by atoms with Crippen LogP contribution in [-0.2, 0) is 9.84 Å². The minimum absolute atomic E-state index is 0.0649. The van der Waals surface area contributed by atoms with Crippen LogP contribution in [0.5, 0.6) is 0 Å². The topological polar surface area (TPSA) is 86.6 Å². The van der Waals surface area contributed by atoms with Gasteiger partial charge in [-0.25, -0.2) is 8.42 Å². The van der Waals surface area contributed by atoms with Crippen molar-refractivity contribution in [3.63, 3.8) is 0 Å². The van der Waals surface area contributed by atoms with Crippen LogP contribution in [0, 0.1) is 0 Å². The highest BCUT2D eigenvalue weighted by molar-refractivity contribution is 7.91. The maximum absolute atomic E-state index is 11.3. The standard InChI is InChI=1S/C12H23NO4S/c14-11(4-2-1-3-5-11)8-13-9-12(15)6-7-18(16,17)10-12/h13-15H,1-10H2. The van der Waals surface area contributed by atoms with Crippen molar-refractivity contribution < 1.29 is 18.6 Å². The number of aliphatic hydroxyl groups is 2. The van der Waals surface area contributed by atoms with Crippen molar-refractivity contribution in [1.82, 2.24) is 5.32 Å². The molecule has 5 nitrogen and oxygen atoms in total. The van der Waals surface area contributed by atoms with E-state index < -0.39 is 21.0 Å². The van der Waals surface area contributed by atoms with Gasteiger partial charge < -0.3 is 15.5 Å². The summed E-state index contributed by atoms with van der Waals surface area (Å²) in [5, 5.41) is 23.4. The highest BCUT2D eigenvalue weighted by Crippen LogP contribution is 2.28. The van der Waals surface area contributed by atoms with Gasteiger partial charge in [-0.3, -0.25) is 0 Å². The summed E-state index contributed by atoms with van der Waals surface area (Å²) in [4.78, 5) is 0. The molecule has 0 aromatic heterocycles. The molecule has 0 spiro atoms. The number of hydrogen-bond donors (Lipinski definition) is 3. The lowest BCUT2D eigenvalue weighted by Crippen LogP contribution is -2.48. The van der Waals surface area contributed by atoms with E-state index in [1.165, 1.54) is 6.42 Å². The van der Waals surface area contributed by atoms with E-state index in [0.717, 1.165) is 25.7 Å². The first-order valence-corrected chi connectivity index (χ1v) is 8.51. The molecule has 3 N–H and O–H groups in total. The molecule has 2 aliphatic rings. The smallest absolute Gasteiger partial charge is 0.153 e. The van der Waals surface area contributed by atoms with Crippen LogP contribution >= 0.6 is 0 Å². The van der Waals surface area contributed by atoms with Crippen LogP contribution in [0.1, 0.15) is 38.5 Å². The first kappa shape index (κ1) is 14.2. The lowest BCUT2D eigenvalue weighted by Gasteiger charge is -2.33. The van der Waals surface area contributed by atoms with Gasteiger partial charge in [0.2, 0.25) is 0 Å². The Kier molecular flexibility index (Phi) is 4.02. The molecule has 1 heterocycles. The van der Waals surface area contributed by atoms with Gasteiger partial charge >= 0.3 is 0 Å². The van der Waals surface area contributed by atoms with Crippen molar-refractivity contribution in [2.45, 2.75) is 49.7 Å². The maximum Gasteiger partial charge on any atom is 0.153 e. The number of hydrogen-bond acceptors (Lipinski definition) is 5. The molecule has 0 aromatic rings. The lowest BCUT2D eigenvalue weighted by molar-refractivity contribution is -0.00284. The van der Waals surface area contributed by atoms with Crippen LogP contribution in [0.25, 0.3) is 0 Å². The van der Waals surface area contributed by atoms with Crippen LogP contribution in [-0.4, -0.2) is 54.4 Å². The Hall–Kier alpha value is -0.170. The summed E-state index contributed by atoms with van der Waals surface area (Å²) in [5.41, 5.74) is -1.82. The van der Waals surface area contributed by atoms with Crippen LogP contribution in [0.2, 0.25) is 0 Å². The second-order valence-electron chi connectivity index (χ2n) is 5.95. The molecular weight excluding hydrogens is 254 g/mol. The van der Waals surface area contributed by atoms with E-state index in [2.05, 4.69) is 5.32 Å². The van der Waals surface area contributed by atoms with E-state index >= 15 is 0 Å². The van der Waals surface area contributed by atoms with Gasteiger partial charge in [-0.2, -0.15) is 0 Å². The molecule has 0 amide bonds. The quantitative estimate of drug-likeness (QED) is 0.664. The van der Waals surface area contributed by atoms with Gasteiger partial charge in [0.15, 0.2) is 9.84 Å². The number of rotatable bonds is 4. The molecule has 2 rings (SSSR count). The predicted octanol–water partition coefficient (Wildman–Crippen LogP) is -0.179. The van der Waals surface area contributed by atoms with Gasteiger partial charge in [0.25, 0.3) is 0 Å². The molecule has 1 unspecified atom stereocenters. The summed E-state index contributed by atoms with van der Waals surface area (Å²) in [6, 6.07) is 0. The molecule has 1 aliphatic carbocycles. The van der Waals surface area contributed by atoms with E-state index in [1.807, 2.05) is 0 Å². The number of sulfone groups is 1. The summed E-state index contributed by atoms with van der Waals surface area (Å²) >= 11 is 0. The third kappa shape index (κ3) is 3.66. The summed E-state index contributed by atoms with van der Waals surface area (Å²) in [6.07, 6.45) is 5.12. The highest BCUT2D eigenvalue weighted by atomic mass is 32.2. The zero-order valence-corrected chi connectivity index (χ0v) is 11.5. The summed E-state index contributed by atoms with van der Waals surface area (Å²) in [7, 11) is -3.08. The van der Waals surface area contributed by atoms with Crippen molar-refractivity contribution in [3.05, 3.63) is 0 Å². The molecule has 2 fully saturated rings. The third-order valence-electron chi connectivity index (χ3n) is 4.06. The number of nitrogens with one attached hydrogen (secondary N) is 1. The Morgan fingerprint density at radius 1 is 0.944 bits per heavy atom. The van der Waals surface area contributed by atoms with Gasteiger partial charge in [0.1, 0.15) is 0 Å². The second-order valence-corrected chi connectivity index (χ2v) is 8.14. The zero-order valence-electron chi connectivity index (χ0n) is 10.7. The Morgan fingerprint density at radius 2 is 1.56 bits per heavy atom. The van der Waals surface area contributed by atoms with Gasteiger partial charge in [0.05, 0.1) is 22.7 Å². The largest absolute Gasteiger partial charge is 0.389 e. The van der Waals surface area contributed by atoms with Crippen molar-refractivity contribution in [1.29, 1.82) is 0 Å². The Balaban J connectivity index is 1.78. The molecular formula is C12H23NO4S. The average Bonchev–Trinajstić information content (AvgIpc) is 2.54. The molecule has 1 saturated carbocycles. The van der Waals surface area contributed by atoms with Crippen molar-refractivity contribution >= 4 is 9.84 Å². The second kappa shape index (κ2) is 5.07. The minimum atomic E-state index is -3.08. The Morgan fingerprint density at radius 3 is 2.11 bits per heavy atom. The maximum atomic E-state index is 11.3. The fourth-order valence-corrected chi connectivity index (χ4v) is 4.85. The predicted molar refractivity (Wildman–Crippen MR) is 69.1 cm³/mol. The average molecular weight is 277 g/mol. The fourth-order valence-electron chi connectivity index (χ4n) is 2.95. The van der Waals surface area contributed by atoms with Crippen molar-refractivity contribution in [2.24, 2.45) is 0 Å². The Bertz CT molecular complexity index is 389. The minimum Gasteiger partial charge on any atom is -0.389 e. The van der Waals surface area contributed by atoms with E-state index in [9.17, 15) is 18.6 Å². The highest BCUT2D eigenvalue weighted by Gasteiger charge is 2.40. The molecule has 1 atom stereocenters. The van der Waals surface area contributed by atoms with Crippen LogP contribution in [0.15, 0.2) is 0 Å². The molecule has 1 saturated heterocycles. The van der Waals surface area contributed by atoms with Gasteiger partial charge in [-0.1, -0.05) is 19.3 Å². The molecule has 0 bridgehead atoms. The fraction of sp³-hybridized carbons (Fsp3) is 1.00. The van der Waals surface area contributed by atoms with Crippen molar-refractivity contribution in [3.8, 4) is 0 Å². The first-order chi connectivity index (χ1) is 8.33. The first-order valence-electron chi connectivity index (χ1n) is 6.69. The molecule has 18 heavy (non-hydrogen) atoms. The van der Waals surface area contributed by atoms with Gasteiger partial charge in [-0.05, 0) is 19.3 Å². The van der Waals surface area contributed by atoms with E-state index in [4.69, 9.17) is 0 Å². The van der Waals surface area contributed by atoms with E-state index in [-0.39, 0.29) is 18.1 Å². The lowest BCUT2D eigenvalue weighted by atomic mass is 9.85. The molecule has 106 valence electrons. The molecule has 6 heteroatoms. The van der Waals surface area contributed by atoms with Gasteiger partial charge in [-0.15, -0.1) is 0 Å². The van der Waals surface area contributed by atoms with E-state index in [0.29, 0.717) is 13.0 Å². The van der Waals surface area contributed by atoms with Crippen LogP contribution in [0.4, 0.5) is 0 Å². The normalized spacial score (nSPS) is 34.6. The third-order valence-corrected chi connectivity index (χ3v) is 5.86.